The van der Waals surface area contributed by atoms with Gasteiger partial charge in [-0.25, -0.2) is 0 Å². The van der Waals surface area contributed by atoms with Crippen molar-refractivity contribution in [2.24, 2.45) is 0 Å². The summed E-state index contributed by atoms with van der Waals surface area (Å²) in [6.07, 6.45) is 1.40. The molecule has 0 unspecified atom stereocenters. The SMILES string of the molecule is COc1ccc([C@@H]2CCC(=O)OC2)cc1C. The maximum Gasteiger partial charge on any atom is 0.305 e. The number of aryl methyl sites for hydroxylation is 1. The van der Waals surface area contributed by atoms with Gasteiger partial charge in [0.25, 0.3) is 0 Å². The fraction of sp³-hybridized carbons (Fsp3) is 0.462. The van der Waals surface area contributed by atoms with Crippen molar-refractivity contribution in [1.29, 1.82) is 0 Å². The van der Waals surface area contributed by atoms with E-state index in [0.29, 0.717) is 18.9 Å². The standard InChI is InChI=1S/C13H16O3/c1-9-7-10(3-5-12(9)15-2)11-4-6-13(14)16-8-11/h3,5,7,11H,4,6,8H2,1-2H3/t11-/m1/s1. The zero-order valence-corrected chi connectivity index (χ0v) is 9.66. The second-order valence-electron chi connectivity index (χ2n) is 4.15. The molecule has 0 saturated carbocycles. The monoisotopic (exact) mass is 220 g/mol. The number of hydrogen-bond acceptors (Lipinski definition) is 3. The number of cyclic esters (lactones) is 1. The number of rotatable bonds is 2. The third-order valence-corrected chi connectivity index (χ3v) is 3.03. The summed E-state index contributed by atoms with van der Waals surface area (Å²) in [6, 6.07) is 6.14. The molecule has 2 rings (SSSR count). The summed E-state index contributed by atoms with van der Waals surface area (Å²) in [5.41, 5.74) is 2.35. The molecule has 86 valence electrons. The summed E-state index contributed by atoms with van der Waals surface area (Å²) in [5, 5.41) is 0. The van der Waals surface area contributed by atoms with Gasteiger partial charge in [0.1, 0.15) is 5.75 Å². The van der Waals surface area contributed by atoms with Gasteiger partial charge in [0.05, 0.1) is 13.7 Å². The Balaban J connectivity index is 2.15. The minimum Gasteiger partial charge on any atom is -0.496 e. The molecule has 0 amide bonds. The molecule has 1 aromatic rings. The molecule has 1 fully saturated rings. The van der Waals surface area contributed by atoms with Gasteiger partial charge in [-0.15, -0.1) is 0 Å². The van der Waals surface area contributed by atoms with E-state index in [1.807, 2.05) is 13.0 Å². The molecule has 16 heavy (non-hydrogen) atoms. The van der Waals surface area contributed by atoms with Gasteiger partial charge in [0.2, 0.25) is 0 Å². The summed E-state index contributed by atoms with van der Waals surface area (Å²) < 4.78 is 10.3. The number of carbonyl (C=O) groups excluding carboxylic acids is 1. The third-order valence-electron chi connectivity index (χ3n) is 3.03. The molecular formula is C13H16O3. The normalized spacial score (nSPS) is 20.4. The van der Waals surface area contributed by atoms with Crippen LogP contribution in [0.25, 0.3) is 0 Å². The highest BCUT2D eigenvalue weighted by atomic mass is 16.5. The number of esters is 1. The highest BCUT2D eigenvalue weighted by Gasteiger charge is 2.21. The topological polar surface area (TPSA) is 35.5 Å². The first-order chi connectivity index (χ1) is 7.70. The summed E-state index contributed by atoms with van der Waals surface area (Å²) >= 11 is 0. The van der Waals surface area contributed by atoms with E-state index in [4.69, 9.17) is 9.47 Å². The fourth-order valence-corrected chi connectivity index (χ4v) is 2.06. The third kappa shape index (κ3) is 2.18. The maximum absolute atomic E-state index is 11.0. The first kappa shape index (κ1) is 11.0. The van der Waals surface area contributed by atoms with Gasteiger partial charge < -0.3 is 9.47 Å². The molecule has 0 aromatic heterocycles. The van der Waals surface area contributed by atoms with Crippen LogP contribution < -0.4 is 4.74 Å². The van der Waals surface area contributed by atoms with E-state index in [-0.39, 0.29) is 5.97 Å². The minimum absolute atomic E-state index is 0.0820. The number of ether oxygens (including phenoxy) is 2. The lowest BCUT2D eigenvalue weighted by Gasteiger charge is -2.22. The van der Waals surface area contributed by atoms with E-state index in [1.165, 1.54) is 5.56 Å². The molecule has 1 heterocycles. The van der Waals surface area contributed by atoms with Crippen LogP contribution in [-0.4, -0.2) is 19.7 Å². The lowest BCUT2D eigenvalue weighted by atomic mass is 9.92. The van der Waals surface area contributed by atoms with Crippen molar-refractivity contribution in [2.45, 2.75) is 25.7 Å². The van der Waals surface area contributed by atoms with E-state index < -0.39 is 0 Å². The smallest absolute Gasteiger partial charge is 0.305 e. The Kier molecular flexibility index (Phi) is 3.13. The van der Waals surface area contributed by atoms with Gasteiger partial charge in [-0.05, 0) is 30.5 Å². The first-order valence-corrected chi connectivity index (χ1v) is 5.51. The molecule has 0 bridgehead atoms. The quantitative estimate of drug-likeness (QED) is 0.718. The highest BCUT2D eigenvalue weighted by Crippen LogP contribution is 2.29. The molecule has 3 nitrogen and oxygen atoms in total. The molecule has 0 aliphatic carbocycles. The molecule has 1 aromatic carbocycles. The van der Waals surface area contributed by atoms with E-state index >= 15 is 0 Å². The highest BCUT2D eigenvalue weighted by molar-refractivity contribution is 5.70. The lowest BCUT2D eigenvalue weighted by molar-refractivity contribution is -0.147. The van der Waals surface area contributed by atoms with Crippen LogP contribution in [0.5, 0.6) is 5.75 Å². The summed E-state index contributed by atoms with van der Waals surface area (Å²) in [7, 11) is 1.67. The number of benzene rings is 1. The molecule has 0 N–H and O–H groups in total. The zero-order valence-electron chi connectivity index (χ0n) is 9.66. The number of hydrogen-bond donors (Lipinski definition) is 0. The van der Waals surface area contributed by atoms with Crippen molar-refractivity contribution in [3.05, 3.63) is 29.3 Å². The van der Waals surface area contributed by atoms with Crippen LogP contribution in [0.4, 0.5) is 0 Å². The van der Waals surface area contributed by atoms with Crippen molar-refractivity contribution in [2.75, 3.05) is 13.7 Å². The van der Waals surface area contributed by atoms with Crippen molar-refractivity contribution in [3.63, 3.8) is 0 Å². The van der Waals surface area contributed by atoms with Crippen molar-refractivity contribution in [3.8, 4) is 5.75 Å². The number of carbonyl (C=O) groups is 1. The molecule has 0 spiro atoms. The first-order valence-electron chi connectivity index (χ1n) is 5.51. The van der Waals surface area contributed by atoms with Crippen LogP contribution in [0.15, 0.2) is 18.2 Å². The molecular weight excluding hydrogens is 204 g/mol. The van der Waals surface area contributed by atoms with Crippen LogP contribution in [0.1, 0.15) is 29.9 Å². The zero-order chi connectivity index (χ0) is 11.5. The van der Waals surface area contributed by atoms with Crippen molar-refractivity contribution in [1.82, 2.24) is 0 Å². The number of methoxy groups -OCH3 is 1. The van der Waals surface area contributed by atoms with Gasteiger partial charge in [-0.2, -0.15) is 0 Å². The Labute approximate surface area is 95.4 Å². The van der Waals surface area contributed by atoms with Gasteiger partial charge in [-0.3, -0.25) is 4.79 Å². The summed E-state index contributed by atoms with van der Waals surface area (Å²) in [6.45, 7) is 2.53. The van der Waals surface area contributed by atoms with Crippen LogP contribution >= 0.6 is 0 Å². The molecule has 1 saturated heterocycles. The van der Waals surface area contributed by atoms with Gasteiger partial charge >= 0.3 is 5.97 Å². The fourth-order valence-electron chi connectivity index (χ4n) is 2.06. The maximum atomic E-state index is 11.0. The van der Waals surface area contributed by atoms with E-state index in [1.54, 1.807) is 7.11 Å². The average Bonchev–Trinajstić information content (AvgIpc) is 2.30. The van der Waals surface area contributed by atoms with E-state index in [2.05, 4.69) is 12.1 Å². The van der Waals surface area contributed by atoms with Gasteiger partial charge in [0.15, 0.2) is 0 Å². The van der Waals surface area contributed by atoms with Gasteiger partial charge in [0, 0.05) is 12.3 Å². The van der Waals surface area contributed by atoms with Gasteiger partial charge in [-0.1, -0.05) is 12.1 Å². The average molecular weight is 220 g/mol. The molecule has 1 aliphatic heterocycles. The largest absolute Gasteiger partial charge is 0.496 e. The van der Waals surface area contributed by atoms with Crippen LogP contribution in [-0.2, 0) is 9.53 Å². The minimum atomic E-state index is -0.0820. The Hall–Kier alpha value is -1.51. The summed E-state index contributed by atoms with van der Waals surface area (Å²) in [5.74, 6) is 1.15. The molecule has 3 heteroatoms. The lowest BCUT2D eigenvalue weighted by Crippen LogP contribution is -2.20. The van der Waals surface area contributed by atoms with Crippen LogP contribution in [0.3, 0.4) is 0 Å². The van der Waals surface area contributed by atoms with E-state index in [9.17, 15) is 4.79 Å². The molecule has 0 radical (unpaired) electrons. The van der Waals surface area contributed by atoms with Crippen LogP contribution in [0, 0.1) is 6.92 Å². The Morgan fingerprint density at radius 2 is 2.25 bits per heavy atom. The van der Waals surface area contributed by atoms with Crippen LogP contribution in [0.2, 0.25) is 0 Å². The van der Waals surface area contributed by atoms with E-state index in [0.717, 1.165) is 17.7 Å². The molecule has 1 atom stereocenters. The predicted octanol–water partition coefficient (Wildman–Crippen LogP) is 2.42. The Morgan fingerprint density at radius 3 is 2.81 bits per heavy atom. The Morgan fingerprint density at radius 1 is 1.44 bits per heavy atom. The predicted molar refractivity (Wildman–Crippen MR) is 60.7 cm³/mol. The second kappa shape index (κ2) is 4.56. The van der Waals surface area contributed by atoms with Crippen molar-refractivity contribution >= 4 is 5.97 Å². The second-order valence-corrected chi connectivity index (χ2v) is 4.15. The molecule has 1 aliphatic rings. The van der Waals surface area contributed by atoms with Crippen molar-refractivity contribution < 1.29 is 14.3 Å². The Bertz CT molecular complexity index is 388. The summed E-state index contributed by atoms with van der Waals surface area (Å²) in [4.78, 5) is 11.0.